The maximum Gasteiger partial charge on any atom is 0.263 e. The van der Waals surface area contributed by atoms with Crippen LogP contribution in [0.3, 0.4) is 0 Å². The molecule has 5 rings (SSSR count). The molecule has 1 aliphatic carbocycles. The van der Waals surface area contributed by atoms with Crippen molar-refractivity contribution in [1.29, 1.82) is 0 Å². The Bertz CT molecular complexity index is 1110. The molecule has 31 heavy (non-hydrogen) atoms. The third-order valence-electron chi connectivity index (χ3n) is 5.28. The number of benzene rings is 1. The molecule has 1 aromatic carbocycles. The van der Waals surface area contributed by atoms with Crippen molar-refractivity contribution in [2.45, 2.75) is 19.4 Å². The van der Waals surface area contributed by atoms with Gasteiger partial charge in [0.2, 0.25) is 5.88 Å². The zero-order valence-electron chi connectivity index (χ0n) is 16.8. The normalized spacial score (nSPS) is 15.5. The number of nitrogens with zero attached hydrogens (tertiary/aromatic N) is 4. The molecule has 1 amide bonds. The number of aromatic nitrogens is 2. The SMILES string of the molecule is CN1Nc2c(ccc(Oc3ncccc3CNC(=O)c3ccns3)c2Br)N1CC1CC1. The molecular formula is C21H21BrN6O2S. The first-order valence-corrected chi connectivity index (χ1v) is 11.6. The van der Waals surface area contributed by atoms with Crippen LogP contribution in [0.5, 0.6) is 11.6 Å². The van der Waals surface area contributed by atoms with Crippen LogP contribution in [0.1, 0.15) is 28.1 Å². The zero-order valence-corrected chi connectivity index (χ0v) is 19.2. The molecule has 0 saturated heterocycles. The number of hydrogen-bond acceptors (Lipinski definition) is 8. The van der Waals surface area contributed by atoms with Crippen molar-refractivity contribution < 1.29 is 9.53 Å². The highest BCUT2D eigenvalue weighted by Gasteiger charge is 2.33. The number of anilines is 2. The van der Waals surface area contributed by atoms with Crippen molar-refractivity contribution in [2.75, 3.05) is 24.0 Å². The molecule has 2 aromatic heterocycles. The zero-order chi connectivity index (χ0) is 21.4. The van der Waals surface area contributed by atoms with Crippen LogP contribution in [0.25, 0.3) is 0 Å². The van der Waals surface area contributed by atoms with E-state index in [1.807, 2.05) is 30.4 Å². The Labute approximate surface area is 192 Å². The van der Waals surface area contributed by atoms with E-state index in [-0.39, 0.29) is 5.91 Å². The van der Waals surface area contributed by atoms with E-state index < -0.39 is 0 Å². The van der Waals surface area contributed by atoms with E-state index in [1.54, 1.807) is 18.5 Å². The number of hydrogen-bond donors (Lipinski definition) is 2. The van der Waals surface area contributed by atoms with Crippen molar-refractivity contribution in [2.24, 2.45) is 5.92 Å². The molecule has 3 aromatic rings. The fraction of sp³-hybridized carbons (Fsp3) is 0.286. The van der Waals surface area contributed by atoms with Crippen molar-refractivity contribution in [3.63, 3.8) is 0 Å². The molecule has 8 nitrogen and oxygen atoms in total. The Hall–Kier alpha value is -2.69. The second-order valence-corrected chi connectivity index (χ2v) is 9.19. The second-order valence-electron chi connectivity index (χ2n) is 7.56. The number of fused-ring (bicyclic) bond motifs is 1. The maximum atomic E-state index is 12.2. The van der Waals surface area contributed by atoms with Gasteiger partial charge in [0, 0.05) is 38.1 Å². The third kappa shape index (κ3) is 4.23. The molecule has 0 spiro atoms. The van der Waals surface area contributed by atoms with Gasteiger partial charge in [0.05, 0.1) is 15.8 Å². The Morgan fingerprint density at radius 2 is 2.19 bits per heavy atom. The van der Waals surface area contributed by atoms with Crippen LogP contribution in [0, 0.1) is 5.92 Å². The maximum absolute atomic E-state index is 12.2. The molecule has 1 saturated carbocycles. The number of carbonyl (C=O) groups excluding carboxylic acids is 1. The summed E-state index contributed by atoms with van der Waals surface area (Å²) in [7, 11) is 2.01. The summed E-state index contributed by atoms with van der Waals surface area (Å²) in [5.74, 6) is 1.70. The fourth-order valence-electron chi connectivity index (χ4n) is 3.45. The van der Waals surface area contributed by atoms with Gasteiger partial charge in [0.25, 0.3) is 5.91 Å². The number of ether oxygens (including phenoxy) is 1. The number of carbonyl (C=O) groups is 1. The highest BCUT2D eigenvalue weighted by Crippen LogP contribution is 2.46. The smallest absolute Gasteiger partial charge is 0.263 e. The molecule has 1 aliphatic heterocycles. The molecule has 2 aliphatic rings. The van der Waals surface area contributed by atoms with Crippen LogP contribution in [-0.4, -0.2) is 34.0 Å². The lowest BCUT2D eigenvalue weighted by atomic mass is 10.2. The molecule has 2 N–H and O–H groups in total. The topological polar surface area (TPSA) is 82.6 Å². The number of pyridine rings is 1. The molecular weight excluding hydrogens is 480 g/mol. The molecule has 0 atom stereocenters. The first-order valence-electron chi connectivity index (χ1n) is 10.0. The summed E-state index contributed by atoms with van der Waals surface area (Å²) in [5, 5.41) is 7.16. The van der Waals surface area contributed by atoms with Crippen LogP contribution in [0.4, 0.5) is 11.4 Å². The lowest BCUT2D eigenvalue weighted by Gasteiger charge is -2.25. The van der Waals surface area contributed by atoms with Crippen molar-refractivity contribution >= 4 is 44.7 Å². The molecule has 0 unspecified atom stereocenters. The van der Waals surface area contributed by atoms with Gasteiger partial charge in [0.15, 0.2) is 0 Å². The van der Waals surface area contributed by atoms with Gasteiger partial charge in [0.1, 0.15) is 10.6 Å². The summed E-state index contributed by atoms with van der Waals surface area (Å²) in [6, 6.07) is 9.41. The average Bonchev–Trinajstić information content (AvgIpc) is 3.30. The van der Waals surface area contributed by atoms with Gasteiger partial charge in [-0.05, 0) is 70.5 Å². The molecule has 1 fully saturated rings. The van der Waals surface area contributed by atoms with Crippen LogP contribution < -0.4 is 20.5 Å². The fourth-order valence-corrected chi connectivity index (χ4v) is 4.46. The van der Waals surface area contributed by atoms with Crippen LogP contribution >= 0.6 is 27.5 Å². The minimum absolute atomic E-state index is 0.168. The predicted octanol–water partition coefficient (Wildman–Crippen LogP) is 4.43. The lowest BCUT2D eigenvalue weighted by Crippen LogP contribution is -2.39. The van der Waals surface area contributed by atoms with Crippen molar-refractivity contribution in [1.82, 2.24) is 19.8 Å². The van der Waals surface area contributed by atoms with Crippen molar-refractivity contribution in [3.8, 4) is 11.6 Å². The summed E-state index contributed by atoms with van der Waals surface area (Å²) >= 11 is 4.86. The van der Waals surface area contributed by atoms with E-state index in [0.29, 0.717) is 23.1 Å². The van der Waals surface area contributed by atoms with Gasteiger partial charge >= 0.3 is 0 Å². The minimum Gasteiger partial charge on any atom is -0.437 e. The summed E-state index contributed by atoms with van der Waals surface area (Å²) in [5.41, 5.74) is 6.27. The molecule has 160 valence electrons. The summed E-state index contributed by atoms with van der Waals surface area (Å²) in [6.45, 7) is 1.31. The first kappa shape index (κ1) is 20.2. The summed E-state index contributed by atoms with van der Waals surface area (Å²) in [4.78, 5) is 17.2. The van der Waals surface area contributed by atoms with E-state index in [9.17, 15) is 4.79 Å². The summed E-state index contributed by atoms with van der Waals surface area (Å²) in [6.07, 6.45) is 5.88. The Morgan fingerprint density at radius 1 is 1.32 bits per heavy atom. The van der Waals surface area contributed by atoms with Crippen LogP contribution in [0.2, 0.25) is 0 Å². The minimum atomic E-state index is -0.168. The quantitative estimate of drug-likeness (QED) is 0.496. The van der Waals surface area contributed by atoms with Crippen LogP contribution in [-0.2, 0) is 6.54 Å². The Kier molecular flexibility index (Phi) is 5.51. The van der Waals surface area contributed by atoms with E-state index >= 15 is 0 Å². The lowest BCUT2D eigenvalue weighted by molar-refractivity contribution is 0.0955. The van der Waals surface area contributed by atoms with E-state index in [4.69, 9.17) is 4.74 Å². The number of nitrogens with one attached hydrogen (secondary N) is 2. The standard InChI is InChI=1S/C21H21BrN6O2S/c1-27-26-19-15(28(27)12-13-4-5-13)6-7-16(18(19)22)30-21-14(3-2-9-23-21)11-24-20(29)17-8-10-25-31-17/h2-3,6-10,13,26H,4-5,11-12H2,1H3,(H,24,29). The highest BCUT2D eigenvalue weighted by molar-refractivity contribution is 9.10. The Balaban J connectivity index is 1.34. The van der Waals surface area contributed by atoms with Crippen LogP contribution in [0.15, 0.2) is 47.2 Å². The van der Waals surface area contributed by atoms with E-state index in [0.717, 1.165) is 45.4 Å². The predicted molar refractivity (Wildman–Crippen MR) is 123 cm³/mol. The second kappa shape index (κ2) is 8.45. The molecule has 3 heterocycles. The third-order valence-corrected chi connectivity index (χ3v) is 6.82. The highest BCUT2D eigenvalue weighted by atomic mass is 79.9. The number of halogens is 1. The monoisotopic (exact) mass is 500 g/mol. The summed E-state index contributed by atoms with van der Waals surface area (Å²) < 4.78 is 11.0. The van der Waals surface area contributed by atoms with E-state index in [1.165, 1.54) is 12.8 Å². The molecule has 0 radical (unpaired) electrons. The largest absolute Gasteiger partial charge is 0.437 e. The first-order chi connectivity index (χ1) is 15.1. The number of amides is 1. The molecule has 10 heteroatoms. The van der Waals surface area contributed by atoms with Gasteiger partial charge in [-0.15, -0.1) is 5.12 Å². The van der Waals surface area contributed by atoms with Crippen molar-refractivity contribution in [3.05, 3.63) is 57.6 Å². The van der Waals surface area contributed by atoms with Gasteiger partial charge in [-0.2, -0.15) is 0 Å². The molecule has 0 bridgehead atoms. The van der Waals surface area contributed by atoms with Gasteiger partial charge in [-0.1, -0.05) is 6.07 Å². The average molecular weight is 501 g/mol. The van der Waals surface area contributed by atoms with E-state index in [2.05, 4.69) is 47.1 Å². The number of rotatable bonds is 7. The van der Waals surface area contributed by atoms with Gasteiger partial charge in [-0.3, -0.25) is 15.2 Å². The van der Waals surface area contributed by atoms with Gasteiger partial charge in [-0.25, -0.2) is 9.36 Å². The van der Waals surface area contributed by atoms with Gasteiger partial charge < -0.3 is 10.1 Å². The Morgan fingerprint density at radius 3 is 2.97 bits per heavy atom. The number of hydrazine groups is 2.